The summed E-state index contributed by atoms with van der Waals surface area (Å²) in [6.07, 6.45) is 1.87. The molecule has 11 aromatic rings. The van der Waals surface area contributed by atoms with Crippen molar-refractivity contribution in [1.82, 2.24) is 19.9 Å². The molecule has 0 N–H and O–H groups in total. The van der Waals surface area contributed by atoms with Gasteiger partial charge in [0.15, 0.2) is 23.1 Å². The maximum absolute atomic E-state index is 6.60. The summed E-state index contributed by atoms with van der Waals surface area (Å²) in [4.78, 5) is 20.2. The summed E-state index contributed by atoms with van der Waals surface area (Å²) in [5, 5.41) is 0.981. The summed E-state index contributed by atoms with van der Waals surface area (Å²) in [6, 6.07) is 74.7. The number of para-hydroxylation sites is 1. The third-order valence-corrected chi connectivity index (χ3v) is 12.3. The van der Waals surface area contributed by atoms with Crippen molar-refractivity contribution in [2.24, 2.45) is 0 Å². The SMILES string of the molecule is c1ccc(-c2nc(-c3ccccc3)nc(-c3cc(-c4ccc5c(c4)C(c4ccccc4)(c4ccccc4)c4ccccc4-5)cc(-c4ccnc5c4oc4ccccc45)c3)n2)cc1. The van der Waals surface area contributed by atoms with Gasteiger partial charge in [0, 0.05) is 33.8 Å². The molecule has 0 unspecified atom stereocenters. The molecule has 0 saturated heterocycles. The third kappa shape index (κ3) is 5.70. The number of hydrogen-bond donors (Lipinski definition) is 0. The Morgan fingerprint density at radius 2 is 0.887 bits per heavy atom. The van der Waals surface area contributed by atoms with E-state index in [4.69, 9.17) is 24.4 Å². The number of nitrogens with zero attached hydrogens (tertiary/aromatic N) is 4. The maximum Gasteiger partial charge on any atom is 0.164 e. The molecular formula is C57H36N4O. The van der Waals surface area contributed by atoms with Gasteiger partial charge < -0.3 is 4.42 Å². The van der Waals surface area contributed by atoms with Crippen LogP contribution in [0.15, 0.2) is 223 Å². The number of aromatic nitrogens is 4. The van der Waals surface area contributed by atoms with Gasteiger partial charge in [0.25, 0.3) is 0 Å². The highest BCUT2D eigenvalue weighted by Crippen LogP contribution is 2.57. The molecule has 3 aromatic heterocycles. The van der Waals surface area contributed by atoms with Gasteiger partial charge in [-0.3, -0.25) is 4.98 Å². The predicted octanol–water partition coefficient (Wildman–Crippen LogP) is 13.9. The smallest absolute Gasteiger partial charge is 0.164 e. The maximum atomic E-state index is 6.60. The summed E-state index contributed by atoms with van der Waals surface area (Å²) in [5.41, 5.74) is 15.9. The molecule has 5 heteroatoms. The van der Waals surface area contributed by atoms with Gasteiger partial charge in [-0.2, -0.15) is 0 Å². The van der Waals surface area contributed by atoms with Crippen LogP contribution in [0, 0.1) is 0 Å². The highest BCUT2D eigenvalue weighted by molar-refractivity contribution is 6.07. The fraction of sp³-hybridized carbons (Fsp3) is 0.0175. The zero-order valence-corrected chi connectivity index (χ0v) is 33.5. The third-order valence-electron chi connectivity index (χ3n) is 12.3. The van der Waals surface area contributed by atoms with E-state index in [0.717, 1.165) is 61.0 Å². The Bertz CT molecular complexity index is 3360. The van der Waals surface area contributed by atoms with Crippen molar-refractivity contribution in [2.45, 2.75) is 5.41 Å². The second kappa shape index (κ2) is 14.5. The molecule has 0 amide bonds. The summed E-state index contributed by atoms with van der Waals surface area (Å²) in [6.45, 7) is 0. The average Bonchev–Trinajstić information content (AvgIpc) is 3.89. The van der Waals surface area contributed by atoms with E-state index in [1.807, 2.05) is 91.1 Å². The van der Waals surface area contributed by atoms with Crippen LogP contribution in [0.2, 0.25) is 0 Å². The van der Waals surface area contributed by atoms with Crippen molar-refractivity contribution in [3.05, 3.63) is 241 Å². The molecule has 8 aromatic carbocycles. The highest BCUT2D eigenvalue weighted by Gasteiger charge is 2.46. The number of rotatable bonds is 7. The van der Waals surface area contributed by atoms with E-state index >= 15 is 0 Å². The number of pyridine rings is 1. The molecule has 5 nitrogen and oxygen atoms in total. The lowest BCUT2D eigenvalue weighted by atomic mass is 9.67. The Labute approximate surface area is 358 Å². The molecule has 0 fully saturated rings. The minimum atomic E-state index is -0.542. The second-order valence-corrected chi connectivity index (χ2v) is 15.8. The molecule has 3 heterocycles. The van der Waals surface area contributed by atoms with E-state index in [2.05, 4.69) is 127 Å². The lowest BCUT2D eigenvalue weighted by molar-refractivity contribution is 0.669. The first-order chi connectivity index (χ1) is 30.7. The van der Waals surface area contributed by atoms with Crippen LogP contribution < -0.4 is 0 Å². The van der Waals surface area contributed by atoms with Crippen molar-refractivity contribution in [3.8, 4) is 67.5 Å². The van der Waals surface area contributed by atoms with E-state index in [-0.39, 0.29) is 0 Å². The quantitative estimate of drug-likeness (QED) is 0.161. The van der Waals surface area contributed by atoms with Gasteiger partial charge in [-0.05, 0) is 92.5 Å². The van der Waals surface area contributed by atoms with Gasteiger partial charge in [-0.15, -0.1) is 0 Å². The average molecular weight is 793 g/mol. The first kappa shape index (κ1) is 35.6. The van der Waals surface area contributed by atoms with Crippen LogP contribution in [0.5, 0.6) is 0 Å². The van der Waals surface area contributed by atoms with Crippen LogP contribution in [0.25, 0.3) is 89.6 Å². The molecule has 0 radical (unpaired) electrons. The number of furan rings is 1. The molecule has 62 heavy (non-hydrogen) atoms. The Balaban J connectivity index is 1.13. The zero-order valence-electron chi connectivity index (χ0n) is 33.5. The van der Waals surface area contributed by atoms with Crippen molar-refractivity contribution >= 4 is 22.1 Å². The van der Waals surface area contributed by atoms with E-state index in [0.29, 0.717) is 17.5 Å². The van der Waals surface area contributed by atoms with Crippen molar-refractivity contribution in [2.75, 3.05) is 0 Å². The normalized spacial score (nSPS) is 12.6. The first-order valence-corrected chi connectivity index (χ1v) is 20.9. The second-order valence-electron chi connectivity index (χ2n) is 15.8. The Hall–Kier alpha value is -8.28. The van der Waals surface area contributed by atoms with Crippen molar-refractivity contribution < 1.29 is 4.42 Å². The molecular weight excluding hydrogens is 757 g/mol. The van der Waals surface area contributed by atoms with E-state index in [1.54, 1.807) is 0 Å². The van der Waals surface area contributed by atoms with Crippen LogP contribution >= 0.6 is 0 Å². The van der Waals surface area contributed by atoms with Crippen LogP contribution in [0.1, 0.15) is 22.3 Å². The van der Waals surface area contributed by atoms with Crippen molar-refractivity contribution in [3.63, 3.8) is 0 Å². The van der Waals surface area contributed by atoms with E-state index < -0.39 is 5.41 Å². The minimum absolute atomic E-state index is 0.542. The minimum Gasteiger partial charge on any atom is -0.454 e. The van der Waals surface area contributed by atoms with Crippen molar-refractivity contribution in [1.29, 1.82) is 0 Å². The van der Waals surface area contributed by atoms with Gasteiger partial charge in [-0.25, -0.2) is 15.0 Å². The Morgan fingerprint density at radius 3 is 1.56 bits per heavy atom. The fourth-order valence-corrected chi connectivity index (χ4v) is 9.47. The molecule has 1 aliphatic rings. The van der Waals surface area contributed by atoms with Gasteiger partial charge in [0.1, 0.15) is 11.1 Å². The van der Waals surface area contributed by atoms with Gasteiger partial charge in [0.2, 0.25) is 0 Å². The van der Waals surface area contributed by atoms with E-state index in [1.165, 1.54) is 33.4 Å². The first-order valence-electron chi connectivity index (χ1n) is 20.9. The predicted molar refractivity (Wildman–Crippen MR) is 249 cm³/mol. The number of fused-ring (bicyclic) bond motifs is 6. The number of benzene rings is 8. The van der Waals surface area contributed by atoms with Crippen LogP contribution in [0.4, 0.5) is 0 Å². The van der Waals surface area contributed by atoms with Gasteiger partial charge in [-0.1, -0.05) is 170 Å². The van der Waals surface area contributed by atoms with Crippen LogP contribution in [-0.2, 0) is 5.41 Å². The molecule has 1 aliphatic carbocycles. The monoisotopic (exact) mass is 792 g/mol. The molecule has 0 saturated carbocycles. The molecule has 290 valence electrons. The molecule has 0 aliphatic heterocycles. The van der Waals surface area contributed by atoms with Crippen LogP contribution in [-0.4, -0.2) is 19.9 Å². The Morgan fingerprint density at radius 1 is 0.355 bits per heavy atom. The van der Waals surface area contributed by atoms with Gasteiger partial charge in [0.05, 0.1) is 5.41 Å². The molecule has 0 atom stereocenters. The van der Waals surface area contributed by atoms with Crippen LogP contribution in [0.3, 0.4) is 0 Å². The topological polar surface area (TPSA) is 64.7 Å². The molecule has 0 bridgehead atoms. The summed E-state index contributed by atoms with van der Waals surface area (Å²) >= 11 is 0. The zero-order chi connectivity index (χ0) is 41.0. The van der Waals surface area contributed by atoms with Gasteiger partial charge >= 0.3 is 0 Å². The largest absolute Gasteiger partial charge is 0.454 e. The highest BCUT2D eigenvalue weighted by atomic mass is 16.3. The lowest BCUT2D eigenvalue weighted by Gasteiger charge is -2.34. The Kier molecular flexibility index (Phi) is 8.32. The summed E-state index contributed by atoms with van der Waals surface area (Å²) in [7, 11) is 0. The standard InChI is InChI=1S/C57H36N4O/c1-5-17-37(18-6-1)54-59-55(38-19-7-2-8-20-38)61-56(60-54)42-34-40(33-41(35-42)45-31-32-58-52-48-26-14-16-28-51(48)62-53(45)52)39-29-30-47-46-25-13-15-27-49(46)57(50(47)36-39,43-21-9-3-10-22-43)44-23-11-4-12-24-44/h1-36H. The van der Waals surface area contributed by atoms with E-state index in [9.17, 15) is 0 Å². The summed E-state index contributed by atoms with van der Waals surface area (Å²) in [5.74, 6) is 1.79. The molecule has 0 spiro atoms. The number of hydrogen-bond acceptors (Lipinski definition) is 5. The summed E-state index contributed by atoms with van der Waals surface area (Å²) < 4.78 is 6.60. The fourth-order valence-electron chi connectivity index (χ4n) is 9.47. The lowest BCUT2D eigenvalue weighted by Crippen LogP contribution is -2.28. The molecule has 12 rings (SSSR count).